The number of hydrogen-bond acceptors (Lipinski definition) is 2. The van der Waals surface area contributed by atoms with Gasteiger partial charge in [-0.1, -0.05) is 23.8 Å². The molecule has 0 aliphatic heterocycles. The van der Waals surface area contributed by atoms with Crippen molar-refractivity contribution in [1.29, 1.82) is 0 Å². The first-order chi connectivity index (χ1) is 9.02. The SMILES string of the molecule is Cc1ccc(F)c(C(NN)c2ccc(Br)c(F)c2)c1. The summed E-state index contributed by atoms with van der Waals surface area (Å²) in [5, 5.41) is 0. The van der Waals surface area contributed by atoms with E-state index in [2.05, 4.69) is 21.4 Å². The lowest BCUT2D eigenvalue weighted by molar-refractivity contribution is 0.554. The number of rotatable bonds is 3. The molecule has 2 nitrogen and oxygen atoms in total. The van der Waals surface area contributed by atoms with Gasteiger partial charge in [-0.3, -0.25) is 5.84 Å². The van der Waals surface area contributed by atoms with Crippen LogP contribution >= 0.6 is 15.9 Å². The maximum absolute atomic E-state index is 13.9. The lowest BCUT2D eigenvalue weighted by Crippen LogP contribution is -2.29. The second-order valence-corrected chi connectivity index (χ2v) is 5.15. The van der Waals surface area contributed by atoms with E-state index in [4.69, 9.17) is 5.84 Å². The minimum atomic E-state index is -0.595. The van der Waals surface area contributed by atoms with Crippen LogP contribution in [0.5, 0.6) is 0 Å². The Hall–Kier alpha value is -1.30. The lowest BCUT2D eigenvalue weighted by atomic mass is 9.97. The largest absolute Gasteiger partial charge is 0.271 e. The Morgan fingerprint density at radius 3 is 2.47 bits per heavy atom. The molecule has 2 rings (SSSR count). The van der Waals surface area contributed by atoms with E-state index < -0.39 is 11.9 Å². The van der Waals surface area contributed by atoms with E-state index in [9.17, 15) is 8.78 Å². The normalized spacial score (nSPS) is 12.5. The van der Waals surface area contributed by atoms with Crippen molar-refractivity contribution in [3.05, 3.63) is 69.2 Å². The topological polar surface area (TPSA) is 38.0 Å². The van der Waals surface area contributed by atoms with Crippen LogP contribution in [-0.4, -0.2) is 0 Å². The lowest BCUT2D eigenvalue weighted by Gasteiger charge is -2.18. The Morgan fingerprint density at radius 1 is 1.11 bits per heavy atom. The van der Waals surface area contributed by atoms with E-state index in [0.717, 1.165) is 5.56 Å². The first kappa shape index (κ1) is 14.1. The summed E-state index contributed by atoms with van der Waals surface area (Å²) in [5.74, 6) is 4.70. The molecule has 0 aliphatic rings. The van der Waals surface area contributed by atoms with Gasteiger partial charge in [0.05, 0.1) is 10.5 Å². The van der Waals surface area contributed by atoms with Gasteiger partial charge in [0.15, 0.2) is 0 Å². The van der Waals surface area contributed by atoms with Gasteiger partial charge < -0.3 is 0 Å². The number of nitrogens with two attached hydrogens (primary N) is 1. The van der Waals surface area contributed by atoms with Crippen LogP contribution < -0.4 is 11.3 Å². The first-order valence-corrected chi connectivity index (χ1v) is 6.49. The molecule has 0 amide bonds. The molecule has 2 aromatic carbocycles. The highest BCUT2D eigenvalue weighted by Crippen LogP contribution is 2.27. The standard InChI is InChI=1S/C14H13BrF2N2/c1-8-2-5-12(16)10(6-8)14(19-18)9-3-4-11(15)13(17)7-9/h2-7,14,19H,18H2,1H3. The predicted molar refractivity (Wildman–Crippen MR) is 74.4 cm³/mol. The average Bonchev–Trinajstić information content (AvgIpc) is 2.38. The number of hydrazine groups is 1. The summed E-state index contributed by atoms with van der Waals surface area (Å²) < 4.78 is 27.8. The molecule has 0 bridgehead atoms. The maximum Gasteiger partial charge on any atom is 0.137 e. The van der Waals surface area contributed by atoms with E-state index in [1.807, 2.05) is 6.92 Å². The van der Waals surface area contributed by atoms with Crippen molar-refractivity contribution >= 4 is 15.9 Å². The van der Waals surface area contributed by atoms with Crippen molar-refractivity contribution in [3.63, 3.8) is 0 Å². The third-order valence-electron chi connectivity index (χ3n) is 2.91. The summed E-state index contributed by atoms with van der Waals surface area (Å²) in [6, 6.07) is 8.75. The molecule has 3 N–H and O–H groups in total. The molecule has 0 radical (unpaired) electrons. The molecule has 0 saturated carbocycles. The quantitative estimate of drug-likeness (QED) is 0.668. The smallest absolute Gasteiger partial charge is 0.137 e. The summed E-state index contributed by atoms with van der Waals surface area (Å²) >= 11 is 3.08. The van der Waals surface area contributed by atoms with E-state index >= 15 is 0 Å². The van der Waals surface area contributed by atoms with Crippen LogP contribution in [0.25, 0.3) is 0 Å². The zero-order valence-corrected chi connectivity index (χ0v) is 11.8. The highest BCUT2D eigenvalue weighted by Gasteiger charge is 2.17. The van der Waals surface area contributed by atoms with Crippen LogP contribution in [0.2, 0.25) is 0 Å². The summed E-state index contributed by atoms with van der Waals surface area (Å²) in [4.78, 5) is 0. The van der Waals surface area contributed by atoms with Gasteiger partial charge in [-0.2, -0.15) is 0 Å². The van der Waals surface area contributed by atoms with Gasteiger partial charge in [0.1, 0.15) is 11.6 Å². The van der Waals surface area contributed by atoms with Gasteiger partial charge in [0.25, 0.3) is 0 Å². The molecule has 0 spiro atoms. The van der Waals surface area contributed by atoms with Gasteiger partial charge in [-0.05, 0) is 46.6 Å². The van der Waals surface area contributed by atoms with Gasteiger partial charge in [0, 0.05) is 5.56 Å². The van der Waals surface area contributed by atoms with Crippen LogP contribution in [-0.2, 0) is 0 Å². The minimum Gasteiger partial charge on any atom is -0.271 e. The molecule has 19 heavy (non-hydrogen) atoms. The highest BCUT2D eigenvalue weighted by atomic mass is 79.9. The molecule has 0 saturated heterocycles. The Balaban J connectivity index is 2.49. The number of halogens is 3. The Kier molecular flexibility index (Phi) is 4.29. The number of hydrogen-bond donors (Lipinski definition) is 2. The molecule has 100 valence electrons. The third-order valence-corrected chi connectivity index (χ3v) is 3.55. The zero-order valence-electron chi connectivity index (χ0n) is 10.3. The molecule has 0 aliphatic carbocycles. The van der Waals surface area contributed by atoms with E-state index in [-0.39, 0.29) is 5.82 Å². The summed E-state index contributed by atoms with van der Waals surface area (Å²) in [6.07, 6.45) is 0. The van der Waals surface area contributed by atoms with Crippen LogP contribution in [0.4, 0.5) is 8.78 Å². The zero-order chi connectivity index (χ0) is 14.0. The first-order valence-electron chi connectivity index (χ1n) is 5.70. The monoisotopic (exact) mass is 326 g/mol. The van der Waals surface area contributed by atoms with Gasteiger partial charge >= 0.3 is 0 Å². The van der Waals surface area contributed by atoms with E-state index in [1.165, 1.54) is 12.1 Å². The molecule has 1 unspecified atom stereocenters. The fourth-order valence-electron chi connectivity index (χ4n) is 1.94. The van der Waals surface area contributed by atoms with E-state index in [0.29, 0.717) is 15.6 Å². The highest BCUT2D eigenvalue weighted by molar-refractivity contribution is 9.10. The average molecular weight is 327 g/mol. The number of aryl methyl sites for hydroxylation is 1. The summed E-state index contributed by atoms with van der Waals surface area (Å²) in [6.45, 7) is 1.86. The Bertz CT molecular complexity index is 602. The Labute approximate surface area is 118 Å². The van der Waals surface area contributed by atoms with Crippen LogP contribution in [0.1, 0.15) is 22.7 Å². The van der Waals surface area contributed by atoms with Gasteiger partial charge in [-0.25, -0.2) is 14.2 Å². The second-order valence-electron chi connectivity index (χ2n) is 4.30. The van der Waals surface area contributed by atoms with Crippen molar-refractivity contribution in [2.75, 3.05) is 0 Å². The fourth-order valence-corrected chi connectivity index (χ4v) is 2.19. The van der Waals surface area contributed by atoms with Gasteiger partial charge in [0.2, 0.25) is 0 Å². The molecule has 0 fully saturated rings. The summed E-state index contributed by atoms with van der Waals surface area (Å²) in [7, 11) is 0. The molecular weight excluding hydrogens is 314 g/mol. The predicted octanol–water partition coefficient (Wildman–Crippen LogP) is 3.59. The van der Waals surface area contributed by atoms with E-state index in [1.54, 1.807) is 24.3 Å². The van der Waals surface area contributed by atoms with Crippen LogP contribution in [0.15, 0.2) is 40.9 Å². The molecule has 0 aromatic heterocycles. The van der Waals surface area contributed by atoms with Crippen LogP contribution in [0.3, 0.4) is 0 Å². The van der Waals surface area contributed by atoms with Crippen molar-refractivity contribution in [1.82, 2.24) is 5.43 Å². The van der Waals surface area contributed by atoms with Gasteiger partial charge in [-0.15, -0.1) is 0 Å². The van der Waals surface area contributed by atoms with Crippen LogP contribution in [0, 0.1) is 18.6 Å². The maximum atomic E-state index is 13.9. The van der Waals surface area contributed by atoms with Crippen molar-refractivity contribution < 1.29 is 8.78 Å². The summed E-state index contributed by atoms with van der Waals surface area (Å²) in [5.41, 5.74) is 4.39. The number of benzene rings is 2. The fraction of sp³-hybridized carbons (Fsp3) is 0.143. The van der Waals surface area contributed by atoms with Crippen molar-refractivity contribution in [3.8, 4) is 0 Å². The van der Waals surface area contributed by atoms with Crippen molar-refractivity contribution in [2.45, 2.75) is 13.0 Å². The molecule has 2 aromatic rings. The van der Waals surface area contributed by atoms with Crippen molar-refractivity contribution in [2.24, 2.45) is 5.84 Å². The molecule has 5 heteroatoms. The third kappa shape index (κ3) is 3.00. The molecule has 1 atom stereocenters. The number of nitrogens with one attached hydrogen (secondary N) is 1. The second kappa shape index (κ2) is 5.77. The molecule has 0 heterocycles. The minimum absolute atomic E-state index is 0.358. The Morgan fingerprint density at radius 2 is 1.84 bits per heavy atom. The molecular formula is C14H13BrF2N2.